The highest BCUT2D eigenvalue weighted by atomic mass is 16.5. The molecule has 1 aliphatic carbocycles. The van der Waals surface area contributed by atoms with Crippen LogP contribution in [0.15, 0.2) is 12.2 Å². The fraction of sp³-hybridized carbons (Fsp3) is 0.833. The Bertz CT molecular complexity index is 194. The van der Waals surface area contributed by atoms with Gasteiger partial charge in [-0.1, -0.05) is 18.4 Å². The van der Waals surface area contributed by atoms with E-state index in [1.165, 1.54) is 12.8 Å². The largest absolute Gasteiger partial charge is 0.374 e. The van der Waals surface area contributed by atoms with E-state index in [1.807, 2.05) is 13.8 Å². The van der Waals surface area contributed by atoms with E-state index < -0.39 is 0 Å². The topological polar surface area (TPSA) is 35.2 Å². The predicted molar refractivity (Wildman–Crippen MR) is 60.2 cm³/mol. The van der Waals surface area contributed by atoms with Gasteiger partial charge in [-0.05, 0) is 33.1 Å². The second kappa shape index (κ2) is 4.94. The standard InChI is InChI=1S/C12H23NO/c1-4-14-12(7-5-6-8-12)11(13)9-10(2)3/h11H,2,4-9,13H2,1,3H3. The molecule has 0 amide bonds. The second-order valence-corrected chi connectivity index (χ2v) is 4.47. The molecule has 2 nitrogen and oxygen atoms in total. The minimum absolute atomic E-state index is 0.0479. The average Bonchev–Trinajstić information content (AvgIpc) is 2.53. The van der Waals surface area contributed by atoms with Crippen LogP contribution in [-0.4, -0.2) is 18.2 Å². The summed E-state index contributed by atoms with van der Waals surface area (Å²) in [5.41, 5.74) is 7.32. The quantitative estimate of drug-likeness (QED) is 0.688. The SMILES string of the molecule is C=C(C)CC(N)C1(OCC)CCCC1. The van der Waals surface area contributed by atoms with Crippen LogP contribution < -0.4 is 5.73 Å². The number of hydrogen-bond donors (Lipinski definition) is 1. The maximum atomic E-state index is 6.22. The van der Waals surface area contributed by atoms with Crippen LogP contribution in [0.1, 0.15) is 46.0 Å². The van der Waals surface area contributed by atoms with Gasteiger partial charge in [-0.25, -0.2) is 0 Å². The van der Waals surface area contributed by atoms with Gasteiger partial charge in [0.15, 0.2) is 0 Å². The van der Waals surface area contributed by atoms with Gasteiger partial charge in [0, 0.05) is 12.6 Å². The van der Waals surface area contributed by atoms with Crippen molar-refractivity contribution < 1.29 is 4.74 Å². The zero-order valence-electron chi connectivity index (χ0n) is 9.51. The highest BCUT2D eigenvalue weighted by molar-refractivity contribution is 5.02. The Balaban J connectivity index is 2.61. The summed E-state index contributed by atoms with van der Waals surface area (Å²) in [6.45, 7) is 8.78. The van der Waals surface area contributed by atoms with Crippen LogP contribution in [0.4, 0.5) is 0 Å². The van der Waals surface area contributed by atoms with Crippen molar-refractivity contribution in [1.82, 2.24) is 0 Å². The lowest BCUT2D eigenvalue weighted by Gasteiger charge is -2.35. The van der Waals surface area contributed by atoms with E-state index in [2.05, 4.69) is 6.58 Å². The van der Waals surface area contributed by atoms with Gasteiger partial charge in [-0.3, -0.25) is 0 Å². The molecule has 1 fully saturated rings. The summed E-state index contributed by atoms with van der Waals surface area (Å²) in [7, 11) is 0. The van der Waals surface area contributed by atoms with Crippen LogP contribution in [0, 0.1) is 0 Å². The number of ether oxygens (including phenoxy) is 1. The molecule has 0 aromatic rings. The number of nitrogens with two attached hydrogens (primary N) is 1. The third-order valence-corrected chi connectivity index (χ3v) is 3.13. The smallest absolute Gasteiger partial charge is 0.0835 e. The third kappa shape index (κ3) is 2.58. The van der Waals surface area contributed by atoms with Gasteiger partial charge in [0.1, 0.15) is 0 Å². The Morgan fingerprint density at radius 3 is 2.50 bits per heavy atom. The van der Waals surface area contributed by atoms with Crippen LogP contribution in [0.3, 0.4) is 0 Å². The summed E-state index contributed by atoms with van der Waals surface area (Å²) >= 11 is 0. The van der Waals surface area contributed by atoms with Crippen LogP contribution in [0.5, 0.6) is 0 Å². The van der Waals surface area contributed by atoms with E-state index in [1.54, 1.807) is 0 Å². The Morgan fingerprint density at radius 2 is 2.07 bits per heavy atom. The first-order valence-corrected chi connectivity index (χ1v) is 5.64. The monoisotopic (exact) mass is 197 g/mol. The first-order valence-electron chi connectivity index (χ1n) is 5.64. The molecule has 14 heavy (non-hydrogen) atoms. The van der Waals surface area contributed by atoms with E-state index in [4.69, 9.17) is 10.5 Å². The minimum Gasteiger partial charge on any atom is -0.374 e. The molecule has 1 saturated carbocycles. The van der Waals surface area contributed by atoms with Crippen LogP contribution in [-0.2, 0) is 4.74 Å². The maximum Gasteiger partial charge on any atom is 0.0835 e. The lowest BCUT2D eigenvalue weighted by atomic mass is 9.88. The molecule has 2 heteroatoms. The van der Waals surface area contributed by atoms with Gasteiger partial charge >= 0.3 is 0 Å². The molecule has 0 heterocycles. The van der Waals surface area contributed by atoms with Crippen molar-refractivity contribution in [2.24, 2.45) is 5.73 Å². The summed E-state index contributed by atoms with van der Waals surface area (Å²) in [5, 5.41) is 0. The molecule has 0 aliphatic heterocycles. The highest BCUT2D eigenvalue weighted by Crippen LogP contribution is 2.37. The first kappa shape index (κ1) is 11.7. The number of rotatable bonds is 5. The fourth-order valence-electron chi connectivity index (χ4n) is 2.44. The molecular weight excluding hydrogens is 174 g/mol. The normalized spacial score (nSPS) is 22.2. The second-order valence-electron chi connectivity index (χ2n) is 4.47. The molecule has 1 rings (SSSR count). The summed E-state index contributed by atoms with van der Waals surface area (Å²) in [5.74, 6) is 0. The van der Waals surface area contributed by atoms with Gasteiger partial charge in [0.05, 0.1) is 5.60 Å². The summed E-state index contributed by atoms with van der Waals surface area (Å²) in [4.78, 5) is 0. The minimum atomic E-state index is -0.0479. The van der Waals surface area contributed by atoms with Crippen molar-refractivity contribution in [3.05, 3.63) is 12.2 Å². The van der Waals surface area contributed by atoms with Crippen molar-refractivity contribution in [3.63, 3.8) is 0 Å². The Morgan fingerprint density at radius 1 is 1.50 bits per heavy atom. The lowest BCUT2D eigenvalue weighted by Crippen LogP contribution is -2.48. The number of hydrogen-bond acceptors (Lipinski definition) is 2. The van der Waals surface area contributed by atoms with Crippen LogP contribution in [0.25, 0.3) is 0 Å². The van der Waals surface area contributed by atoms with Gasteiger partial charge in [-0.2, -0.15) is 0 Å². The summed E-state index contributed by atoms with van der Waals surface area (Å²) < 4.78 is 5.89. The molecule has 82 valence electrons. The van der Waals surface area contributed by atoms with Crippen molar-refractivity contribution >= 4 is 0 Å². The van der Waals surface area contributed by atoms with Crippen molar-refractivity contribution in [2.45, 2.75) is 57.6 Å². The van der Waals surface area contributed by atoms with Gasteiger partial charge in [0.2, 0.25) is 0 Å². The third-order valence-electron chi connectivity index (χ3n) is 3.13. The maximum absolute atomic E-state index is 6.22. The molecule has 0 saturated heterocycles. The Hall–Kier alpha value is -0.340. The molecule has 1 unspecified atom stereocenters. The zero-order valence-corrected chi connectivity index (χ0v) is 9.51. The Labute approximate surface area is 87.5 Å². The molecule has 1 atom stereocenters. The summed E-state index contributed by atoms with van der Waals surface area (Å²) in [6, 6.07) is 0.127. The van der Waals surface area contributed by atoms with Crippen LogP contribution in [0.2, 0.25) is 0 Å². The molecule has 0 aromatic carbocycles. The molecule has 2 N–H and O–H groups in total. The van der Waals surface area contributed by atoms with E-state index >= 15 is 0 Å². The summed E-state index contributed by atoms with van der Waals surface area (Å²) in [6.07, 6.45) is 5.64. The zero-order chi connectivity index (χ0) is 10.6. The van der Waals surface area contributed by atoms with Crippen molar-refractivity contribution in [1.29, 1.82) is 0 Å². The van der Waals surface area contributed by atoms with Gasteiger partial charge in [-0.15, -0.1) is 6.58 Å². The van der Waals surface area contributed by atoms with Gasteiger partial charge < -0.3 is 10.5 Å². The molecular formula is C12H23NO. The van der Waals surface area contributed by atoms with Gasteiger partial charge in [0.25, 0.3) is 0 Å². The van der Waals surface area contributed by atoms with Crippen molar-refractivity contribution in [3.8, 4) is 0 Å². The Kier molecular flexibility index (Phi) is 4.14. The fourth-order valence-corrected chi connectivity index (χ4v) is 2.44. The van der Waals surface area contributed by atoms with E-state index in [-0.39, 0.29) is 11.6 Å². The van der Waals surface area contributed by atoms with Crippen molar-refractivity contribution in [2.75, 3.05) is 6.61 Å². The highest BCUT2D eigenvalue weighted by Gasteiger charge is 2.39. The molecule has 0 bridgehead atoms. The molecule has 0 spiro atoms. The molecule has 1 aliphatic rings. The van der Waals surface area contributed by atoms with E-state index in [9.17, 15) is 0 Å². The predicted octanol–water partition coefficient (Wildman–Crippen LogP) is 2.63. The molecule has 0 radical (unpaired) electrons. The molecule has 0 aromatic heterocycles. The lowest BCUT2D eigenvalue weighted by molar-refractivity contribution is -0.0524. The average molecular weight is 197 g/mol. The van der Waals surface area contributed by atoms with E-state index in [0.717, 1.165) is 31.4 Å². The first-order chi connectivity index (χ1) is 6.60. The van der Waals surface area contributed by atoms with Crippen LogP contribution >= 0.6 is 0 Å². The van der Waals surface area contributed by atoms with E-state index in [0.29, 0.717) is 0 Å².